The van der Waals surface area contributed by atoms with Crippen molar-refractivity contribution in [3.05, 3.63) is 17.7 Å². The summed E-state index contributed by atoms with van der Waals surface area (Å²) in [5, 5.41) is 35.0. The monoisotopic (exact) mass is 193 g/mol. The van der Waals surface area contributed by atoms with Gasteiger partial charge in [0.15, 0.2) is 11.5 Å². The molecule has 6 heteroatoms. The Balaban J connectivity index is 0.00000144. The first-order chi connectivity index (χ1) is 5.52. The van der Waals surface area contributed by atoms with E-state index in [2.05, 4.69) is 0 Å². The second-order valence-corrected chi connectivity index (χ2v) is 2.16. The van der Waals surface area contributed by atoms with Gasteiger partial charge in [-0.2, -0.15) is 0 Å². The van der Waals surface area contributed by atoms with Gasteiger partial charge in [-0.15, -0.1) is 0 Å². The first-order valence-electron chi connectivity index (χ1n) is 3.00. The fourth-order valence-electron chi connectivity index (χ4n) is 0.737. The zero-order chi connectivity index (χ0) is 9.30. The molecule has 1 radical (unpaired) electrons. The van der Waals surface area contributed by atoms with E-state index in [9.17, 15) is 4.79 Å². The van der Waals surface area contributed by atoms with E-state index in [1.54, 1.807) is 0 Å². The molecule has 0 bridgehead atoms. The molecular formula is C7H6NaO5. The number of rotatable bonds is 1. The Kier molecular flexibility index (Phi) is 4.06. The fourth-order valence-corrected chi connectivity index (χ4v) is 0.737. The molecule has 5 nitrogen and oxygen atoms in total. The Morgan fingerprint density at radius 2 is 1.46 bits per heavy atom. The Hall–Kier alpha value is -0.910. The maximum absolute atomic E-state index is 10.3. The Labute approximate surface area is 95.5 Å². The predicted octanol–water partition coefficient (Wildman–Crippen LogP) is 0.121. The molecule has 4 N–H and O–H groups in total. The summed E-state index contributed by atoms with van der Waals surface area (Å²) in [6, 6.07) is 1.53. The van der Waals surface area contributed by atoms with Crippen LogP contribution < -0.4 is 0 Å². The van der Waals surface area contributed by atoms with Crippen molar-refractivity contribution in [2.24, 2.45) is 0 Å². The van der Waals surface area contributed by atoms with Crippen molar-refractivity contribution in [3.63, 3.8) is 0 Å². The number of carboxylic acids is 1. The molecule has 1 aromatic carbocycles. The number of hydrogen-bond acceptors (Lipinski definition) is 4. The minimum Gasteiger partial charge on any atom is -0.507 e. The molecule has 0 saturated heterocycles. The summed E-state index contributed by atoms with van der Waals surface area (Å²) in [5.74, 6) is -3.09. The van der Waals surface area contributed by atoms with Crippen LogP contribution in [0.2, 0.25) is 0 Å². The van der Waals surface area contributed by atoms with Crippen LogP contribution in [0.3, 0.4) is 0 Å². The molecule has 65 valence electrons. The standard InChI is InChI=1S/C7H6O5.Na/c8-4-2-6(10)5(9)1-3(4)7(11)12;/h1-2,8-10H,(H,11,12);. The fraction of sp³-hybridized carbons (Fsp3) is 0. The maximum Gasteiger partial charge on any atom is 0.339 e. The largest absolute Gasteiger partial charge is 0.507 e. The van der Waals surface area contributed by atoms with Gasteiger partial charge in [-0.3, -0.25) is 0 Å². The van der Waals surface area contributed by atoms with Crippen LogP contribution in [0.1, 0.15) is 10.4 Å². The second kappa shape index (κ2) is 4.36. The third kappa shape index (κ3) is 2.51. The topological polar surface area (TPSA) is 98.0 Å². The Morgan fingerprint density at radius 1 is 1.00 bits per heavy atom. The summed E-state index contributed by atoms with van der Waals surface area (Å²) in [7, 11) is 0. The first kappa shape index (κ1) is 12.1. The van der Waals surface area contributed by atoms with Crippen LogP contribution in [0, 0.1) is 0 Å². The van der Waals surface area contributed by atoms with Gasteiger partial charge < -0.3 is 20.4 Å². The summed E-state index contributed by atoms with van der Waals surface area (Å²) >= 11 is 0. The molecule has 0 spiro atoms. The van der Waals surface area contributed by atoms with Gasteiger partial charge in [0.1, 0.15) is 11.3 Å². The molecule has 0 heterocycles. The summed E-state index contributed by atoms with van der Waals surface area (Å²) in [6.45, 7) is 0. The van der Waals surface area contributed by atoms with E-state index < -0.39 is 28.8 Å². The third-order valence-electron chi connectivity index (χ3n) is 1.32. The van der Waals surface area contributed by atoms with E-state index in [0.29, 0.717) is 0 Å². The smallest absolute Gasteiger partial charge is 0.339 e. The van der Waals surface area contributed by atoms with E-state index in [1.165, 1.54) is 0 Å². The number of aromatic hydroxyl groups is 3. The van der Waals surface area contributed by atoms with Crippen molar-refractivity contribution in [3.8, 4) is 17.2 Å². The number of carboxylic acid groups (broad SMARTS) is 1. The maximum atomic E-state index is 10.3. The van der Waals surface area contributed by atoms with Crippen molar-refractivity contribution >= 4 is 35.5 Å². The van der Waals surface area contributed by atoms with Crippen molar-refractivity contribution in [2.45, 2.75) is 0 Å². The van der Waals surface area contributed by atoms with Crippen LogP contribution >= 0.6 is 0 Å². The van der Waals surface area contributed by atoms with Gasteiger partial charge in [0, 0.05) is 41.7 Å². The van der Waals surface area contributed by atoms with Gasteiger partial charge in [0.05, 0.1) is 0 Å². The average Bonchev–Trinajstić information content (AvgIpc) is 1.96. The van der Waals surface area contributed by atoms with Gasteiger partial charge in [0.2, 0.25) is 0 Å². The van der Waals surface area contributed by atoms with Crippen LogP contribution in [0.15, 0.2) is 12.1 Å². The number of carbonyl (C=O) groups is 1. The van der Waals surface area contributed by atoms with Crippen molar-refractivity contribution < 1.29 is 25.2 Å². The third-order valence-corrected chi connectivity index (χ3v) is 1.32. The van der Waals surface area contributed by atoms with E-state index in [4.69, 9.17) is 20.4 Å². The van der Waals surface area contributed by atoms with Gasteiger partial charge in [-0.25, -0.2) is 4.79 Å². The molecule has 0 aliphatic carbocycles. The first-order valence-corrected chi connectivity index (χ1v) is 3.00. The van der Waals surface area contributed by atoms with E-state index >= 15 is 0 Å². The van der Waals surface area contributed by atoms with Crippen molar-refractivity contribution in [2.75, 3.05) is 0 Å². The molecule has 1 aromatic rings. The summed E-state index contributed by atoms with van der Waals surface area (Å²) in [5.41, 5.74) is -0.453. The molecular weight excluding hydrogens is 187 g/mol. The summed E-state index contributed by atoms with van der Waals surface area (Å²) < 4.78 is 0. The second-order valence-electron chi connectivity index (χ2n) is 2.16. The molecule has 13 heavy (non-hydrogen) atoms. The van der Waals surface area contributed by atoms with E-state index in [-0.39, 0.29) is 29.6 Å². The molecule has 0 saturated carbocycles. The zero-order valence-corrected chi connectivity index (χ0v) is 8.85. The number of phenolic OH excluding ortho intramolecular Hbond substituents is 2. The van der Waals surface area contributed by atoms with Gasteiger partial charge >= 0.3 is 5.97 Å². The van der Waals surface area contributed by atoms with Gasteiger partial charge in [0.25, 0.3) is 0 Å². The number of benzene rings is 1. The molecule has 0 aromatic heterocycles. The minimum atomic E-state index is -1.37. The van der Waals surface area contributed by atoms with Crippen LogP contribution in [0.5, 0.6) is 17.2 Å². The van der Waals surface area contributed by atoms with Crippen LogP contribution in [-0.4, -0.2) is 56.0 Å². The van der Waals surface area contributed by atoms with Crippen LogP contribution in [-0.2, 0) is 0 Å². The predicted molar refractivity (Wildman–Crippen MR) is 44.1 cm³/mol. The quantitative estimate of drug-likeness (QED) is 0.288. The number of aromatic carboxylic acids is 1. The summed E-state index contributed by atoms with van der Waals surface area (Å²) in [6.07, 6.45) is 0. The van der Waals surface area contributed by atoms with Gasteiger partial charge in [-0.1, -0.05) is 0 Å². The molecule has 0 unspecified atom stereocenters. The molecule has 0 aliphatic rings. The average molecular weight is 193 g/mol. The Morgan fingerprint density at radius 3 is 1.92 bits per heavy atom. The minimum absolute atomic E-state index is 0. The SMILES string of the molecule is O=C(O)c1cc(O)c(O)cc1O.[Na]. The molecule has 1 rings (SSSR count). The number of phenols is 3. The molecule has 0 amide bonds. The van der Waals surface area contributed by atoms with Gasteiger partial charge in [-0.05, 0) is 0 Å². The van der Waals surface area contributed by atoms with Crippen molar-refractivity contribution in [1.29, 1.82) is 0 Å². The molecule has 0 atom stereocenters. The van der Waals surface area contributed by atoms with E-state index in [0.717, 1.165) is 12.1 Å². The normalized spacial score (nSPS) is 8.92. The molecule has 0 aliphatic heterocycles. The Bertz CT molecular complexity index is 336. The van der Waals surface area contributed by atoms with Crippen LogP contribution in [0.4, 0.5) is 0 Å². The van der Waals surface area contributed by atoms with Crippen molar-refractivity contribution in [1.82, 2.24) is 0 Å². The van der Waals surface area contributed by atoms with E-state index in [1.807, 2.05) is 0 Å². The van der Waals surface area contributed by atoms with Crippen LogP contribution in [0.25, 0.3) is 0 Å². The molecule has 0 fully saturated rings. The number of hydrogen-bond donors (Lipinski definition) is 4. The summed E-state index contributed by atoms with van der Waals surface area (Å²) in [4.78, 5) is 10.3. The zero-order valence-electron chi connectivity index (χ0n) is 6.85.